The lowest BCUT2D eigenvalue weighted by Gasteiger charge is -2.12. The van der Waals surface area contributed by atoms with Gasteiger partial charge in [-0.1, -0.05) is 18.2 Å². The van der Waals surface area contributed by atoms with Crippen molar-refractivity contribution in [1.82, 2.24) is 0 Å². The van der Waals surface area contributed by atoms with E-state index in [1.54, 1.807) is 19.1 Å². The third-order valence-electron chi connectivity index (χ3n) is 2.16. The summed E-state index contributed by atoms with van der Waals surface area (Å²) in [5.74, 6) is 0.288. The number of rotatable bonds is 5. The maximum absolute atomic E-state index is 10.9. The lowest BCUT2D eigenvalue weighted by atomic mass is 10.1. The molecule has 1 aromatic carbocycles. The summed E-state index contributed by atoms with van der Waals surface area (Å²) in [5.41, 5.74) is 0.715. The summed E-state index contributed by atoms with van der Waals surface area (Å²) in [7, 11) is 1.34. The van der Waals surface area contributed by atoms with Gasteiger partial charge in [-0.15, -0.1) is 0 Å². The summed E-state index contributed by atoms with van der Waals surface area (Å²) in [6.45, 7) is 1.92. The van der Waals surface area contributed by atoms with Crippen molar-refractivity contribution in [2.75, 3.05) is 13.7 Å². The Hall–Kier alpha value is -1.55. The van der Waals surface area contributed by atoms with Gasteiger partial charge >= 0.3 is 5.97 Å². The maximum Gasteiger partial charge on any atom is 0.308 e. The first-order chi connectivity index (χ1) is 7.65. The van der Waals surface area contributed by atoms with Crippen LogP contribution in [0.4, 0.5) is 0 Å². The van der Waals surface area contributed by atoms with Crippen LogP contribution < -0.4 is 4.74 Å². The van der Waals surface area contributed by atoms with Crippen LogP contribution in [-0.2, 0) is 9.53 Å². The van der Waals surface area contributed by atoms with Gasteiger partial charge in [0.05, 0.1) is 26.2 Å². The fourth-order valence-electron chi connectivity index (χ4n) is 1.30. The number of aliphatic hydroxyl groups excluding tert-OH is 1. The smallest absolute Gasteiger partial charge is 0.308 e. The molecule has 1 N–H and O–H groups in total. The average Bonchev–Trinajstić information content (AvgIpc) is 2.29. The Morgan fingerprint density at radius 3 is 2.75 bits per heavy atom. The SMILES string of the molecule is COC(=O)CCOc1ccccc1C(C)O. The molecule has 4 nitrogen and oxygen atoms in total. The van der Waals surface area contributed by atoms with Crippen LogP contribution in [0.5, 0.6) is 5.75 Å². The highest BCUT2D eigenvalue weighted by molar-refractivity contribution is 5.69. The number of esters is 1. The predicted octanol–water partition coefficient (Wildman–Crippen LogP) is 1.68. The van der Waals surface area contributed by atoms with Crippen LogP contribution in [0.1, 0.15) is 25.0 Å². The molecule has 0 heterocycles. The standard InChI is InChI=1S/C12H16O4/c1-9(13)10-5-3-4-6-11(10)16-8-7-12(14)15-2/h3-6,9,13H,7-8H2,1-2H3. The molecule has 1 rings (SSSR count). The van der Waals surface area contributed by atoms with Crippen LogP contribution >= 0.6 is 0 Å². The molecule has 0 saturated carbocycles. The average molecular weight is 224 g/mol. The molecule has 0 bridgehead atoms. The highest BCUT2D eigenvalue weighted by Gasteiger charge is 2.08. The number of hydrogen-bond donors (Lipinski definition) is 1. The van der Waals surface area contributed by atoms with Crippen molar-refractivity contribution in [3.05, 3.63) is 29.8 Å². The van der Waals surface area contributed by atoms with Crippen molar-refractivity contribution in [3.63, 3.8) is 0 Å². The highest BCUT2D eigenvalue weighted by Crippen LogP contribution is 2.24. The number of para-hydroxylation sites is 1. The van der Waals surface area contributed by atoms with Gasteiger partial charge in [0.15, 0.2) is 0 Å². The first-order valence-corrected chi connectivity index (χ1v) is 5.11. The van der Waals surface area contributed by atoms with E-state index in [9.17, 15) is 9.90 Å². The molecule has 0 spiro atoms. The molecule has 1 aromatic rings. The van der Waals surface area contributed by atoms with E-state index >= 15 is 0 Å². The van der Waals surface area contributed by atoms with E-state index in [4.69, 9.17) is 4.74 Å². The first-order valence-electron chi connectivity index (χ1n) is 5.11. The summed E-state index contributed by atoms with van der Waals surface area (Å²) >= 11 is 0. The zero-order valence-corrected chi connectivity index (χ0v) is 9.47. The van der Waals surface area contributed by atoms with E-state index in [1.165, 1.54) is 7.11 Å². The molecule has 0 saturated heterocycles. The van der Waals surface area contributed by atoms with Crippen LogP contribution in [0.2, 0.25) is 0 Å². The summed E-state index contributed by atoms with van der Waals surface area (Å²) in [4.78, 5) is 10.9. The zero-order valence-electron chi connectivity index (χ0n) is 9.47. The van der Waals surface area contributed by atoms with Gasteiger partial charge in [-0.25, -0.2) is 0 Å². The second kappa shape index (κ2) is 6.12. The molecule has 4 heteroatoms. The second-order valence-electron chi connectivity index (χ2n) is 3.39. The molecule has 0 aliphatic rings. The second-order valence-corrected chi connectivity index (χ2v) is 3.39. The number of ether oxygens (including phenoxy) is 2. The van der Waals surface area contributed by atoms with Gasteiger partial charge in [-0.05, 0) is 13.0 Å². The van der Waals surface area contributed by atoms with Gasteiger partial charge in [-0.3, -0.25) is 4.79 Å². The van der Waals surface area contributed by atoms with Gasteiger partial charge in [0.1, 0.15) is 5.75 Å². The number of methoxy groups -OCH3 is 1. The molecule has 0 aromatic heterocycles. The topological polar surface area (TPSA) is 55.8 Å². The third-order valence-corrected chi connectivity index (χ3v) is 2.16. The van der Waals surface area contributed by atoms with Gasteiger partial charge in [0.2, 0.25) is 0 Å². The van der Waals surface area contributed by atoms with Crippen LogP contribution in [0.15, 0.2) is 24.3 Å². The Morgan fingerprint density at radius 1 is 1.44 bits per heavy atom. The van der Waals surface area contributed by atoms with Crippen LogP contribution in [0.25, 0.3) is 0 Å². The monoisotopic (exact) mass is 224 g/mol. The minimum absolute atomic E-state index is 0.199. The molecule has 88 valence electrons. The van der Waals surface area contributed by atoms with Crippen molar-refractivity contribution in [2.24, 2.45) is 0 Å². The highest BCUT2D eigenvalue weighted by atomic mass is 16.5. The normalized spacial score (nSPS) is 11.9. The number of benzene rings is 1. The molecule has 0 fully saturated rings. The Labute approximate surface area is 94.8 Å². The fourth-order valence-corrected chi connectivity index (χ4v) is 1.30. The minimum Gasteiger partial charge on any atom is -0.493 e. The molecule has 1 unspecified atom stereocenters. The van der Waals surface area contributed by atoms with E-state index in [-0.39, 0.29) is 19.0 Å². The number of carbonyl (C=O) groups excluding carboxylic acids is 1. The molecular formula is C12H16O4. The van der Waals surface area contributed by atoms with Crippen LogP contribution in [0.3, 0.4) is 0 Å². The third kappa shape index (κ3) is 3.55. The van der Waals surface area contributed by atoms with Gasteiger partial charge < -0.3 is 14.6 Å². The van der Waals surface area contributed by atoms with Crippen molar-refractivity contribution in [1.29, 1.82) is 0 Å². The Bertz CT molecular complexity index is 347. The Balaban J connectivity index is 2.56. The van der Waals surface area contributed by atoms with Gasteiger partial charge in [-0.2, -0.15) is 0 Å². The quantitative estimate of drug-likeness (QED) is 0.773. The van der Waals surface area contributed by atoms with Crippen molar-refractivity contribution in [2.45, 2.75) is 19.4 Å². The lowest BCUT2D eigenvalue weighted by molar-refractivity contribution is -0.141. The molecule has 16 heavy (non-hydrogen) atoms. The molecular weight excluding hydrogens is 208 g/mol. The molecule has 1 atom stereocenters. The Kier molecular flexibility index (Phi) is 4.79. The number of hydrogen-bond acceptors (Lipinski definition) is 4. The lowest BCUT2D eigenvalue weighted by Crippen LogP contribution is -2.08. The number of aliphatic hydroxyl groups is 1. The van der Waals surface area contributed by atoms with E-state index in [0.29, 0.717) is 11.3 Å². The maximum atomic E-state index is 10.9. The molecule has 0 aliphatic carbocycles. The fraction of sp³-hybridized carbons (Fsp3) is 0.417. The summed E-state index contributed by atoms with van der Waals surface area (Å²) < 4.78 is 9.91. The van der Waals surface area contributed by atoms with Gasteiger partial charge in [0.25, 0.3) is 0 Å². The summed E-state index contributed by atoms with van der Waals surface area (Å²) in [6, 6.07) is 7.20. The Morgan fingerprint density at radius 2 is 2.12 bits per heavy atom. The zero-order chi connectivity index (χ0) is 12.0. The molecule has 0 amide bonds. The van der Waals surface area contributed by atoms with E-state index in [2.05, 4.69) is 4.74 Å². The van der Waals surface area contributed by atoms with Crippen molar-refractivity contribution < 1.29 is 19.4 Å². The van der Waals surface area contributed by atoms with Crippen molar-refractivity contribution >= 4 is 5.97 Å². The van der Waals surface area contributed by atoms with Crippen LogP contribution in [0, 0.1) is 0 Å². The largest absolute Gasteiger partial charge is 0.493 e. The van der Waals surface area contributed by atoms with E-state index in [0.717, 1.165) is 0 Å². The van der Waals surface area contributed by atoms with E-state index < -0.39 is 6.10 Å². The van der Waals surface area contributed by atoms with Crippen molar-refractivity contribution in [3.8, 4) is 5.75 Å². The minimum atomic E-state index is -0.589. The van der Waals surface area contributed by atoms with Gasteiger partial charge in [0, 0.05) is 5.56 Å². The van der Waals surface area contributed by atoms with Crippen LogP contribution in [-0.4, -0.2) is 24.8 Å². The molecule has 0 radical (unpaired) electrons. The predicted molar refractivity (Wildman–Crippen MR) is 59.2 cm³/mol. The first kappa shape index (κ1) is 12.5. The molecule has 0 aliphatic heterocycles. The summed E-state index contributed by atoms with van der Waals surface area (Å²) in [5, 5.41) is 9.49. The van der Waals surface area contributed by atoms with E-state index in [1.807, 2.05) is 12.1 Å². The summed E-state index contributed by atoms with van der Waals surface area (Å²) in [6.07, 6.45) is -0.390. The number of carbonyl (C=O) groups is 1.